The van der Waals surface area contributed by atoms with E-state index in [0.29, 0.717) is 19.5 Å². The van der Waals surface area contributed by atoms with Gasteiger partial charge in [-0.3, -0.25) is 9.59 Å². The van der Waals surface area contributed by atoms with Crippen LogP contribution in [-0.4, -0.2) is 54.2 Å². The Morgan fingerprint density at radius 3 is 2.50 bits per heavy atom. The van der Waals surface area contributed by atoms with Gasteiger partial charge < -0.3 is 20.1 Å². The minimum atomic E-state index is -0.666. The summed E-state index contributed by atoms with van der Waals surface area (Å²) in [6, 6.07) is 13.2. The molecule has 0 aliphatic carbocycles. The zero-order valence-corrected chi connectivity index (χ0v) is 16.9. The third-order valence-corrected chi connectivity index (χ3v) is 5.10. The summed E-state index contributed by atoms with van der Waals surface area (Å²) < 4.78 is 19.9. The number of nitrogens with zero attached hydrogens (tertiary/aromatic N) is 1. The lowest BCUT2D eigenvalue weighted by Crippen LogP contribution is -2.41. The topological polar surface area (TPSA) is 78.9 Å². The first kappa shape index (κ1) is 21.8. The first-order chi connectivity index (χ1) is 14.6. The first-order valence-electron chi connectivity index (χ1n) is 10.2. The van der Waals surface area contributed by atoms with Gasteiger partial charge in [0.2, 0.25) is 0 Å². The van der Waals surface area contributed by atoms with Crippen LogP contribution in [0.3, 0.4) is 0 Å². The van der Waals surface area contributed by atoms with Crippen LogP contribution in [0.1, 0.15) is 35.2 Å². The Kier molecular flexibility index (Phi) is 7.79. The highest BCUT2D eigenvalue weighted by Crippen LogP contribution is 2.25. The van der Waals surface area contributed by atoms with E-state index in [1.807, 2.05) is 30.3 Å². The molecule has 2 amide bonds. The normalized spacial score (nSPS) is 14.8. The van der Waals surface area contributed by atoms with Gasteiger partial charge in [-0.25, -0.2) is 4.39 Å². The number of amides is 2. The van der Waals surface area contributed by atoms with E-state index >= 15 is 0 Å². The van der Waals surface area contributed by atoms with Gasteiger partial charge in [-0.15, -0.1) is 0 Å². The molecule has 30 heavy (non-hydrogen) atoms. The molecule has 1 heterocycles. The van der Waals surface area contributed by atoms with Crippen molar-refractivity contribution in [2.24, 2.45) is 0 Å². The van der Waals surface area contributed by atoms with Gasteiger partial charge in [0.05, 0.1) is 12.6 Å². The van der Waals surface area contributed by atoms with Gasteiger partial charge in [-0.2, -0.15) is 0 Å². The Balaban J connectivity index is 1.61. The number of ether oxygens (including phenoxy) is 1. The quantitative estimate of drug-likeness (QED) is 0.696. The Morgan fingerprint density at radius 1 is 1.07 bits per heavy atom. The van der Waals surface area contributed by atoms with Crippen molar-refractivity contribution in [3.05, 3.63) is 65.5 Å². The molecule has 0 spiro atoms. The van der Waals surface area contributed by atoms with Gasteiger partial charge >= 0.3 is 0 Å². The highest BCUT2D eigenvalue weighted by atomic mass is 19.1. The molecule has 1 aliphatic heterocycles. The third kappa shape index (κ3) is 5.79. The van der Waals surface area contributed by atoms with Crippen LogP contribution in [0.15, 0.2) is 48.5 Å². The maximum absolute atomic E-state index is 14.4. The Morgan fingerprint density at radius 2 is 1.80 bits per heavy atom. The van der Waals surface area contributed by atoms with Crippen LogP contribution >= 0.6 is 0 Å². The van der Waals surface area contributed by atoms with Crippen molar-refractivity contribution in [2.75, 3.05) is 26.3 Å². The fourth-order valence-corrected chi connectivity index (χ4v) is 3.56. The molecule has 1 aliphatic rings. The molecule has 0 saturated carbocycles. The molecule has 0 aromatic heterocycles. The molecule has 0 unspecified atom stereocenters. The summed E-state index contributed by atoms with van der Waals surface area (Å²) in [5.74, 6) is -1.49. The van der Waals surface area contributed by atoms with E-state index < -0.39 is 23.7 Å². The Hall–Kier alpha value is -2.93. The molecule has 160 valence electrons. The molecular weight excluding hydrogens is 387 g/mol. The predicted molar refractivity (Wildman–Crippen MR) is 111 cm³/mol. The number of halogens is 1. The average molecular weight is 414 g/mol. The molecule has 2 aromatic rings. The summed E-state index contributed by atoms with van der Waals surface area (Å²) in [5.41, 5.74) is 0.840. The van der Waals surface area contributed by atoms with Crippen LogP contribution < -0.4 is 10.1 Å². The smallest absolute Gasteiger partial charge is 0.260 e. The van der Waals surface area contributed by atoms with Crippen molar-refractivity contribution >= 4 is 11.8 Å². The maximum Gasteiger partial charge on any atom is 0.260 e. The second kappa shape index (κ2) is 10.7. The van der Waals surface area contributed by atoms with Crippen LogP contribution in [0, 0.1) is 5.82 Å². The van der Waals surface area contributed by atoms with Crippen LogP contribution in [0.4, 0.5) is 4.39 Å². The highest BCUT2D eigenvalue weighted by Gasteiger charge is 2.25. The largest absolute Gasteiger partial charge is 0.483 e. The average Bonchev–Trinajstić information content (AvgIpc) is 2.78. The molecule has 3 rings (SSSR count). The van der Waals surface area contributed by atoms with Crippen molar-refractivity contribution in [3.63, 3.8) is 0 Å². The van der Waals surface area contributed by atoms with Crippen molar-refractivity contribution in [1.82, 2.24) is 10.2 Å². The standard InChI is InChI=1S/C23H27FN2O4/c24-19-10-7-11-20(22(19)23(29)26-12-5-2-6-13-26)30-16-21(28)25-18(15-27)14-17-8-3-1-4-9-17/h1,3-4,7-11,18,27H,2,5-6,12-16H2,(H,25,28)/t18-/m0/s1. The summed E-state index contributed by atoms with van der Waals surface area (Å²) in [6.45, 7) is 0.573. The minimum absolute atomic E-state index is 0.0457. The van der Waals surface area contributed by atoms with Crippen LogP contribution in [0.5, 0.6) is 5.75 Å². The zero-order chi connectivity index (χ0) is 21.3. The SMILES string of the molecule is O=C(COc1cccc(F)c1C(=O)N1CCCCC1)N[C@H](CO)Cc1ccccc1. The minimum Gasteiger partial charge on any atom is -0.483 e. The van der Waals surface area contributed by atoms with Crippen molar-refractivity contribution in [3.8, 4) is 5.75 Å². The summed E-state index contributed by atoms with van der Waals surface area (Å²) in [5, 5.41) is 12.3. The van der Waals surface area contributed by atoms with E-state index in [9.17, 15) is 19.1 Å². The van der Waals surface area contributed by atoms with E-state index in [1.54, 1.807) is 4.90 Å². The number of carbonyl (C=O) groups is 2. The van der Waals surface area contributed by atoms with E-state index in [2.05, 4.69) is 5.32 Å². The summed E-state index contributed by atoms with van der Waals surface area (Å²) in [7, 11) is 0. The van der Waals surface area contributed by atoms with Gasteiger partial charge in [0.15, 0.2) is 6.61 Å². The second-order valence-corrected chi connectivity index (χ2v) is 7.39. The van der Waals surface area contributed by atoms with Crippen LogP contribution in [0.2, 0.25) is 0 Å². The van der Waals surface area contributed by atoms with Crippen molar-refractivity contribution in [2.45, 2.75) is 31.7 Å². The predicted octanol–water partition coefficient (Wildman–Crippen LogP) is 2.55. The van der Waals surface area contributed by atoms with E-state index in [0.717, 1.165) is 24.8 Å². The molecule has 2 aromatic carbocycles. The highest BCUT2D eigenvalue weighted by molar-refractivity contribution is 5.97. The number of hydrogen-bond acceptors (Lipinski definition) is 4. The summed E-state index contributed by atoms with van der Waals surface area (Å²) in [6.07, 6.45) is 3.31. The molecule has 1 atom stereocenters. The fourth-order valence-electron chi connectivity index (χ4n) is 3.56. The Bertz CT molecular complexity index is 854. The van der Waals surface area contributed by atoms with Crippen LogP contribution in [-0.2, 0) is 11.2 Å². The molecule has 7 heteroatoms. The van der Waals surface area contributed by atoms with Crippen molar-refractivity contribution in [1.29, 1.82) is 0 Å². The molecule has 0 bridgehead atoms. The lowest BCUT2D eigenvalue weighted by atomic mass is 10.1. The monoisotopic (exact) mass is 414 g/mol. The number of carbonyl (C=O) groups excluding carboxylic acids is 2. The van der Waals surface area contributed by atoms with Gasteiger partial charge in [-0.1, -0.05) is 36.4 Å². The van der Waals surface area contributed by atoms with Crippen LogP contribution in [0.25, 0.3) is 0 Å². The van der Waals surface area contributed by atoms with E-state index in [-0.39, 0.29) is 24.5 Å². The maximum atomic E-state index is 14.4. The number of piperidine rings is 1. The number of nitrogens with one attached hydrogen (secondary N) is 1. The molecule has 2 N–H and O–H groups in total. The summed E-state index contributed by atoms with van der Waals surface area (Å²) >= 11 is 0. The van der Waals surface area contributed by atoms with Gasteiger partial charge in [0.25, 0.3) is 11.8 Å². The Labute approximate surface area is 175 Å². The molecule has 1 fully saturated rings. The number of aliphatic hydroxyl groups is 1. The molecule has 1 saturated heterocycles. The number of hydrogen-bond donors (Lipinski definition) is 2. The third-order valence-electron chi connectivity index (χ3n) is 5.10. The first-order valence-corrected chi connectivity index (χ1v) is 10.2. The summed E-state index contributed by atoms with van der Waals surface area (Å²) in [4.78, 5) is 26.7. The number of aliphatic hydroxyl groups excluding tert-OH is 1. The van der Waals surface area contributed by atoms with E-state index in [4.69, 9.17) is 4.74 Å². The molecule has 0 radical (unpaired) electrons. The number of benzene rings is 2. The van der Waals surface area contributed by atoms with Gasteiger partial charge in [0.1, 0.15) is 17.1 Å². The molecule has 6 nitrogen and oxygen atoms in total. The second-order valence-electron chi connectivity index (χ2n) is 7.39. The zero-order valence-electron chi connectivity index (χ0n) is 16.9. The fraction of sp³-hybridized carbons (Fsp3) is 0.391. The number of rotatable bonds is 8. The van der Waals surface area contributed by atoms with Crippen molar-refractivity contribution < 1.29 is 23.8 Å². The van der Waals surface area contributed by atoms with Gasteiger partial charge in [-0.05, 0) is 43.4 Å². The molecular formula is C23H27FN2O4. The number of likely N-dealkylation sites (tertiary alicyclic amines) is 1. The lowest BCUT2D eigenvalue weighted by molar-refractivity contribution is -0.124. The van der Waals surface area contributed by atoms with Gasteiger partial charge in [0, 0.05) is 13.1 Å². The lowest BCUT2D eigenvalue weighted by Gasteiger charge is -2.27. The van der Waals surface area contributed by atoms with E-state index in [1.165, 1.54) is 18.2 Å².